The van der Waals surface area contributed by atoms with Crippen LogP contribution in [0.3, 0.4) is 0 Å². The maximum absolute atomic E-state index is 14.1. The van der Waals surface area contributed by atoms with Gasteiger partial charge in [-0.05, 0) is 42.0 Å². The fourth-order valence-corrected chi connectivity index (χ4v) is 5.04. The Labute approximate surface area is 217 Å². The Morgan fingerprint density at radius 1 is 0.722 bits per heavy atom. The van der Waals surface area contributed by atoms with Crippen molar-refractivity contribution in [2.24, 2.45) is 0 Å². The van der Waals surface area contributed by atoms with Crippen LogP contribution >= 0.6 is 11.3 Å². The first-order valence-corrected chi connectivity index (χ1v) is 13.2. The summed E-state index contributed by atoms with van der Waals surface area (Å²) in [4.78, 5) is 32.5. The second-order valence-corrected chi connectivity index (χ2v) is 10.2. The minimum Gasteiger partial charge on any atom is -0.332 e. The van der Waals surface area contributed by atoms with Crippen molar-refractivity contribution in [1.82, 2.24) is 9.80 Å². The number of carbonyl (C=O) groups excluding carboxylic acids is 2. The molecule has 1 heterocycles. The number of amides is 2. The van der Waals surface area contributed by atoms with Crippen LogP contribution in [0.5, 0.6) is 0 Å². The molecule has 0 saturated carbocycles. The van der Waals surface area contributed by atoms with E-state index in [4.69, 9.17) is 0 Å². The summed E-state index contributed by atoms with van der Waals surface area (Å²) in [5.74, 6) is -0.594. The largest absolute Gasteiger partial charge is 0.332 e. The fraction of sp³-hybridized carbons (Fsp3) is 0.226. The Morgan fingerprint density at radius 2 is 1.28 bits per heavy atom. The summed E-state index contributed by atoms with van der Waals surface area (Å²) < 4.78 is 0. The molecule has 4 rings (SSSR count). The molecule has 0 unspecified atom stereocenters. The van der Waals surface area contributed by atoms with Crippen molar-refractivity contribution >= 4 is 23.2 Å². The molecule has 36 heavy (non-hydrogen) atoms. The normalized spacial score (nSPS) is 11.0. The maximum Gasteiger partial charge on any atom is 0.242 e. The molecule has 3 aromatic carbocycles. The highest BCUT2D eigenvalue weighted by Crippen LogP contribution is 2.28. The number of rotatable bonds is 10. The summed E-state index contributed by atoms with van der Waals surface area (Å²) in [7, 11) is 0. The third-order valence-corrected chi connectivity index (χ3v) is 7.08. The third kappa shape index (κ3) is 6.49. The molecule has 0 radical (unpaired) electrons. The van der Waals surface area contributed by atoms with E-state index in [-0.39, 0.29) is 24.4 Å². The number of nitrogens with zero attached hydrogens (tertiary/aromatic N) is 2. The smallest absolute Gasteiger partial charge is 0.242 e. The van der Waals surface area contributed by atoms with Crippen molar-refractivity contribution in [3.8, 4) is 0 Å². The topological polar surface area (TPSA) is 40.6 Å². The first-order valence-electron chi connectivity index (χ1n) is 12.3. The van der Waals surface area contributed by atoms with Gasteiger partial charge in [0.05, 0.1) is 12.5 Å². The molecular weight excluding hydrogens is 464 g/mol. The van der Waals surface area contributed by atoms with Gasteiger partial charge in [-0.3, -0.25) is 9.59 Å². The van der Waals surface area contributed by atoms with Gasteiger partial charge < -0.3 is 9.80 Å². The van der Waals surface area contributed by atoms with Crippen molar-refractivity contribution in [2.45, 2.75) is 38.9 Å². The van der Waals surface area contributed by atoms with Crippen molar-refractivity contribution in [1.29, 1.82) is 0 Å². The molecule has 0 fully saturated rings. The van der Waals surface area contributed by atoms with Gasteiger partial charge in [-0.25, -0.2) is 0 Å². The molecule has 0 spiro atoms. The molecule has 2 amide bonds. The summed E-state index contributed by atoms with van der Waals surface area (Å²) in [5, 5.41) is 2.02. The molecule has 0 saturated heterocycles. The minimum absolute atomic E-state index is 0.0326. The Hall–Kier alpha value is -3.70. The maximum atomic E-state index is 14.1. The van der Waals surface area contributed by atoms with Crippen LogP contribution < -0.4 is 0 Å². The van der Waals surface area contributed by atoms with Crippen molar-refractivity contribution < 1.29 is 9.59 Å². The second-order valence-electron chi connectivity index (χ2n) is 9.13. The van der Waals surface area contributed by atoms with E-state index in [1.54, 1.807) is 16.2 Å². The number of hydrogen-bond donors (Lipinski definition) is 0. The van der Waals surface area contributed by atoms with E-state index in [9.17, 15) is 9.59 Å². The molecule has 4 nitrogen and oxygen atoms in total. The lowest BCUT2D eigenvalue weighted by atomic mass is 9.89. The quantitative estimate of drug-likeness (QED) is 0.257. The molecule has 184 valence electrons. The summed E-state index contributed by atoms with van der Waals surface area (Å²) >= 11 is 1.64. The third-order valence-electron chi connectivity index (χ3n) is 6.22. The lowest BCUT2D eigenvalue weighted by molar-refractivity contribution is -0.143. The highest BCUT2D eigenvalue weighted by atomic mass is 32.1. The van der Waals surface area contributed by atoms with Crippen molar-refractivity contribution in [2.75, 3.05) is 6.54 Å². The molecule has 1 aromatic heterocycles. The highest BCUT2D eigenvalue weighted by Gasteiger charge is 2.31. The van der Waals surface area contributed by atoms with Gasteiger partial charge in [-0.2, -0.15) is 0 Å². The molecule has 0 N–H and O–H groups in total. The molecule has 0 bridgehead atoms. The first-order chi connectivity index (χ1) is 17.5. The van der Waals surface area contributed by atoms with E-state index >= 15 is 0 Å². The van der Waals surface area contributed by atoms with Gasteiger partial charge in [0.2, 0.25) is 11.8 Å². The zero-order valence-electron chi connectivity index (χ0n) is 20.8. The minimum atomic E-state index is -0.470. The van der Waals surface area contributed by atoms with Crippen LogP contribution in [0.1, 0.15) is 41.3 Å². The Morgan fingerprint density at radius 3 is 1.78 bits per heavy atom. The molecule has 0 aliphatic rings. The second kappa shape index (κ2) is 12.3. The Kier molecular flexibility index (Phi) is 8.69. The van der Waals surface area contributed by atoms with Crippen LogP contribution in [0.2, 0.25) is 0 Å². The summed E-state index contributed by atoms with van der Waals surface area (Å²) in [6, 6.07) is 33.5. The number of benzene rings is 3. The number of thiophene rings is 1. The van der Waals surface area contributed by atoms with Crippen LogP contribution in [0.25, 0.3) is 0 Å². The first kappa shape index (κ1) is 25.4. The molecule has 0 aliphatic heterocycles. The summed E-state index contributed by atoms with van der Waals surface area (Å²) in [6.45, 7) is 4.99. The Balaban J connectivity index is 1.61. The standard InChI is InChI=1S/C31H32N2O2S/c1-24(2)33(31(35)30(26-15-8-4-9-16-26)27-17-10-5-11-18-27)23-29(34)32(22-28-19-12-20-36-28)21-25-13-6-3-7-14-25/h3-20,24,30H,21-23H2,1-2H3. The number of carbonyl (C=O) groups is 2. The lowest BCUT2D eigenvalue weighted by Gasteiger charge is -2.33. The van der Waals surface area contributed by atoms with Crippen LogP contribution in [0.15, 0.2) is 109 Å². The predicted octanol–water partition coefficient (Wildman–Crippen LogP) is 6.35. The molecule has 0 atom stereocenters. The van der Waals surface area contributed by atoms with Gasteiger partial charge in [0.1, 0.15) is 6.54 Å². The van der Waals surface area contributed by atoms with Gasteiger partial charge in [-0.1, -0.05) is 97.1 Å². The van der Waals surface area contributed by atoms with Gasteiger partial charge in [0.25, 0.3) is 0 Å². The van der Waals surface area contributed by atoms with Crippen molar-refractivity contribution in [3.05, 3.63) is 130 Å². The highest BCUT2D eigenvalue weighted by molar-refractivity contribution is 7.09. The van der Waals surface area contributed by atoms with Gasteiger partial charge in [0, 0.05) is 17.5 Å². The monoisotopic (exact) mass is 496 g/mol. The van der Waals surface area contributed by atoms with Crippen LogP contribution in [-0.4, -0.2) is 34.2 Å². The lowest BCUT2D eigenvalue weighted by Crippen LogP contribution is -2.47. The number of hydrogen-bond acceptors (Lipinski definition) is 3. The van der Waals surface area contributed by atoms with E-state index in [0.29, 0.717) is 13.1 Å². The van der Waals surface area contributed by atoms with Gasteiger partial charge in [0.15, 0.2) is 0 Å². The van der Waals surface area contributed by atoms with E-state index in [1.165, 1.54) is 0 Å². The molecule has 5 heteroatoms. The van der Waals surface area contributed by atoms with Crippen LogP contribution in [0.4, 0.5) is 0 Å². The van der Waals surface area contributed by atoms with Gasteiger partial charge >= 0.3 is 0 Å². The molecular formula is C31H32N2O2S. The molecule has 0 aliphatic carbocycles. The van der Waals surface area contributed by atoms with E-state index in [2.05, 4.69) is 0 Å². The summed E-state index contributed by atoms with van der Waals surface area (Å²) in [6.07, 6.45) is 0. The summed E-state index contributed by atoms with van der Waals surface area (Å²) in [5.41, 5.74) is 2.91. The SMILES string of the molecule is CC(C)N(CC(=O)N(Cc1ccccc1)Cc1cccs1)C(=O)C(c1ccccc1)c1ccccc1. The predicted molar refractivity (Wildman–Crippen MR) is 147 cm³/mol. The van der Waals surface area contributed by atoms with Crippen molar-refractivity contribution in [3.63, 3.8) is 0 Å². The average Bonchev–Trinajstić information content (AvgIpc) is 3.42. The van der Waals surface area contributed by atoms with Crippen LogP contribution in [0, 0.1) is 0 Å². The van der Waals surface area contributed by atoms with Crippen LogP contribution in [-0.2, 0) is 22.7 Å². The van der Waals surface area contributed by atoms with E-state index < -0.39 is 5.92 Å². The van der Waals surface area contributed by atoms with Gasteiger partial charge in [-0.15, -0.1) is 11.3 Å². The Bertz CT molecular complexity index is 1190. The van der Waals surface area contributed by atoms with E-state index in [0.717, 1.165) is 21.6 Å². The molecule has 4 aromatic rings. The fourth-order valence-electron chi connectivity index (χ4n) is 4.32. The van der Waals surface area contributed by atoms with E-state index in [1.807, 2.05) is 127 Å². The zero-order valence-corrected chi connectivity index (χ0v) is 21.6. The average molecular weight is 497 g/mol. The zero-order chi connectivity index (χ0) is 25.3.